The SMILES string of the molecule is CC(C)c1cccc(C2(O)CC3CCC(C2)O3)c1. The average molecular weight is 246 g/mol. The van der Waals surface area contributed by atoms with Gasteiger partial charge in [0.05, 0.1) is 17.8 Å². The smallest absolute Gasteiger partial charge is 0.0946 e. The topological polar surface area (TPSA) is 29.5 Å². The standard InChI is InChI=1S/C16H22O2/c1-11(2)12-4-3-5-13(8-12)16(17)9-14-6-7-15(10-16)18-14/h3-5,8,11,14-15,17H,6-7,9-10H2,1-2H3. The minimum absolute atomic E-state index is 0.261. The zero-order valence-corrected chi connectivity index (χ0v) is 11.2. The first-order valence-electron chi connectivity index (χ1n) is 7.05. The molecule has 2 unspecified atom stereocenters. The van der Waals surface area contributed by atoms with Crippen molar-refractivity contribution in [2.45, 2.75) is 63.3 Å². The van der Waals surface area contributed by atoms with Crippen LogP contribution in [0.2, 0.25) is 0 Å². The van der Waals surface area contributed by atoms with Crippen LogP contribution >= 0.6 is 0 Å². The van der Waals surface area contributed by atoms with Crippen molar-refractivity contribution >= 4 is 0 Å². The highest BCUT2D eigenvalue weighted by atomic mass is 16.5. The van der Waals surface area contributed by atoms with Crippen LogP contribution in [0.5, 0.6) is 0 Å². The maximum absolute atomic E-state index is 10.9. The predicted molar refractivity (Wildman–Crippen MR) is 71.6 cm³/mol. The summed E-state index contributed by atoms with van der Waals surface area (Å²) in [6.07, 6.45) is 4.25. The second kappa shape index (κ2) is 4.36. The summed E-state index contributed by atoms with van der Waals surface area (Å²) in [7, 11) is 0. The van der Waals surface area contributed by atoms with Gasteiger partial charge in [-0.2, -0.15) is 0 Å². The number of fused-ring (bicyclic) bond motifs is 2. The Hall–Kier alpha value is -0.860. The van der Waals surface area contributed by atoms with Crippen LogP contribution in [-0.2, 0) is 10.3 Å². The third-order valence-electron chi connectivity index (χ3n) is 4.42. The Morgan fingerprint density at radius 2 is 1.89 bits per heavy atom. The Balaban J connectivity index is 1.91. The summed E-state index contributed by atoms with van der Waals surface area (Å²) in [5.74, 6) is 0.505. The molecule has 2 aliphatic heterocycles. The van der Waals surface area contributed by atoms with E-state index in [1.807, 2.05) is 0 Å². The summed E-state index contributed by atoms with van der Waals surface area (Å²) in [4.78, 5) is 0. The Labute approximate surface area is 109 Å². The average Bonchev–Trinajstić information content (AvgIpc) is 2.69. The van der Waals surface area contributed by atoms with Crippen molar-refractivity contribution in [1.82, 2.24) is 0 Å². The maximum Gasteiger partial charge on any atom is 0.0946 e. The molecule has 2 nitrogen and oxygen atoms in total. The van der Waals surface area contributed by atoms with Gasteiger partial charge >= 0.3 is 0 Å². The van der Waals surface area contributed by atoms with E-state index in [1.165, 1.54) is 5.56 Å². The van der Waals surface area contributed by atoms with Gasteiger partial charge in [-0.1, -0.05) is 38.1 Å². The van der Waals surface area contributed by atoms with E-state index < -0.39 is 5.60 Å². The van der Waals surface area contributed by atoms with Gasteiger partial charge in [0.2, 0.25) is 0 Å². The van der Waals surface area contributed by atoms with E-state index in [-0.39, 0.29) is 12.2 Å². The molecule has 1 aromatic rings. The van der Waals surface area contributed by atoms with Crippen LogP contribution in [0, 0.1) is 0 Å². The maximum atomic E-state index is 10.9. The molecule has 1 N–H and O–H groups in total. The zero-order chi connectivity index (χ0) is 12.8. The van der Waals surface area contributed by atoms with Gasteiger partial charge in [-0.3, -0.25) is 0 Å². The first-order chi connectivity index (χ1) is 8.57. The molecule has 2 heterocycles. The number of hydrogen-bond donors (Lipinski definition) is 1. The summed E-state index contributed by atoms with van der Waals surface area (Å²) >= 11 is 0. The summed E-state index contributed by atoms with van der Waals surface area (Å²) in [5.41, 5.74) is 1.71. The second-order valence-corrected chi connectivity index (χ2v) is 6.18. The molecule has 1 aromatic carbocycles. The van der Waals surface area contributed by atoms with Gasteiger partial charge in [0.25, 0.3) is 0 Å². The molecule has 0 aromatic heterocycles. The molecule has 0 radical (unpaired) electrons. The van der Waals surface area contributed by atoms with E-state index in [9.17, 15) is 5.11 Å². The highest BCUT2D eigenvalue weighted by Crippen LogP contribution is 2.44. The number of aliphatic hydroxyl groups is 1. The van der Waals surface area contributed by atoms with Crippen molar-refractivity contribution in [2.24, 2.45) is 0 Å². The van der Waals surface area contributed by atoms with Gasteiger partial charge in [-0.15, -0.1) is 0 Å². The van der Waals surface area contributed by atoms with Crippen molar-refractivity contribution in [3.05, 3.63) is 35.4 Å². The van der Waals surface area contributed by atoms with Gasteiger partial charge in [0, 0.05) is 12.8 Å². The monoisotopic (exact) mass is 246 g/mol. The zero-order valence-electron chi connectivity index (χ0n) is 11.2. The number of rotatable bonds is 2. The van der Waals surface area contributed by atoms with Crippen LogP contribution < -0.4 is 0 Å². The van der Waals surface area contributed by atoms with Crippen molar-refractivity contribution in [1.29, 1.82) is 0 Å². The minimum Gasteiger partial charge on any atom is -0.385 e. The highest BCUT2D eigenvalue weighted by Gasteiger charge is 2.44. The van der Waals surface area contributed by atoms with E-state index >= 15 is 0 Å². The Bertz CT molecular complexity index is 426. The van der Waals surface area contributed by atoms with E-state index in [0.717, 1.165) is 31.2 Å². The Morgan fingerprint density at radius 3 is 2.50 bits per heavy atom. The van der Waals surface area contributed by atoms with Crippen molar-refractivity contribution in [2.75, 3.05) is 0 Å². The molecular weight excluding hydrogens is 224 g/mol. The van der Waals surface area contributed by atoms with Gasteiger partial charge in [-0.25, -0.2) is 0 Å². The Kier molecular flexibility index (Phi) is 2.95. The largest absolute Gasteiger partial charge is 0.385 e. The molecule has 2 fully saturated rings. The first kappa shape index (κ1) is 12.2. The third kappa shape index (κ3) is 2.08. The van der Waals surface area contributed by atoms with Crippen LogP contribution in [0.3, 0.4) is 0 Å². The van der Waals surface area contributed by atoms with Gasteiger partial charge in [0.1, 0.15) is 0 Å². The van der Waals surface area contributed by atoms with Crippen LogP contribution in [0.4, 0.5) is 0 Å². The molecule has 0 saturated carbocycles. The van der Waals surface area contributed by atoms with E-state index in [0.29, 0.717) is 5.92 Å². The summed E-state index contributed by atoms with van der Waals surface area (Å²) in [6, 6.07) is 8.46. The summed E-state index contributed by atoms with van der Waals surface area (Å²) in [6.45, 7) is 4.38. The van der Waals surface area contributed by atoms with Crippen LogP contribution in [-0.4, -0.2) is 17.3 Å². The Morgan fingerprint density at radius 1 is 1.22 bits per heavy atom. The lowest BCUT2D eigenvalue weighted by Gasteiger charge is -2.37. The fourth-order valence-corrected chi connectivity index (χ4v) is 3.34. The molecule has 2 heteroatoms. The normalized spacial score (nSPS) is 35.1. The summed E-state index contributed by atoms with van der Waals surface area (Å²) in [5, 5.41) is 10.9. The number of hydrogen-bond acceptors (Lipinski definition) is 2. The molecule has 98 valence electrons. The fraction of sp³-hybridized carbons (Fsp3) is 0.625. The third-order valence-corrected chi connectivity index (χ3v) is 4.42. The van der Waals surface area contributed by atoms with E-state index in [4.69, 9.17) is 4.74 Å². The van der Waals surface area contributed by atoms with Crippen LogP contribution in [0.15, 0.2) is 24.3 Å². The quantitative estimate of drug-likeness (QED) is 0.867. The second-order valence-electron chi connectivity index (χ2n) is 6.18. The van der Waals surface area contributed by atoms with Gasteiger partial charge in [0.15, 0.2) is 0 Å². The van der Waals surface area contributed by atoms with Crippen molar-refractivity contribution in [3.63, 3.8) is 0 Å². The highest BCUT2D eigenvalue weighted by molar-refractivity contribution is 5.31. The molecule has 2 saturated heterocycles. The molecule has 0 spiro atoms. The minimum atomic E-state index is -0.672. The van der Waals surface area contributed by atoms with Crippen molar-refractivity contribution in [3.8, 4) is 0 Å². The molecule has 2 atom stereocenters. The predicted octanol–water partition coefficient (Wildman–Crippen LogP) is 3.34. The molecular formula is C16H22O2. The molecule has 2 bridgehead atoms. The van der Waals surface area contributed by atoms with Gasteiger partial charge in [-0.05, 0) is 29.9 Å². The molecule has 2 aliphatic rings. The lowest BCUT2D eigenvalue weighted by atomic mass is 9.82. The fourth-order valence-electron chi connectivity index (χ4n) is 3.34. The molecule has 3 rings (SSSR count). The molecule has 0 aliphatic carbocycles. The van der Waals surface area contributed by atoms with Crippen LogP contribution in [0.1, 0.15) is 56.6 Å². The van der Waals surface area contributed by atoms with E-state index in [1.54, 1.807) is 0 Å². The van der Waals surface area contributed by atoms with Crippen molar-refractivity contribution < 1.29 is 9.84 Å². The van der Waals surface area contributed by atoms with Crippen LogP contribution in [0.25, 0.3) is 0 Å². The number of benzene rings is 1. The molecule has 0 amide bonds. The first-order valence-corrected chi connectivity index (χ1v) is 7.05. The van der Waals surface area contributed by atoms with E-state index in [2.05, 4.69) is 38.1 Å². The number of ether oxygens (including phenoxy) is 1. The lowest BCUT2D eigenvalue weighted by molar-refractivity contribution is -0.115. The summed E-state index contributed by atoms with van der Waals surface area (Å²) < 4.78 is 5.83. The van der Waals surface area contributed by atoms with Gasteiger partial charge < -0.3 is 9.84 Å². The lowest BCUT2D eigenvalue weighted by Crippen LogP contribution is -2.38. The molecule has 18 heavy (non-hydrogen) atoms.